The zero-order valence-corrected chi connectivity index (χ0v) is 10.1. The monoisotopic (exact) mass is 227 g/mol. The molecule has 2 amide bonds. The number of nitrogens with one attached hydrogen (secondary N) is 2. The summed E-state index contributed by atoms with van der Waals surface area (Å²) >= 11 is 1.63. The molecular weight excluding hydrogens is 210 g/mol. The first kappa shape index (κ1) is 12.0. The Morgan fingerprint density at radius 3 is 2.87 bits per heavy atom. The maximum atomic E-state index is 11.2. The van der Waals surface area contributed by atoms with E-state index in [4.69, 9.17) is 0 Å². The Kier molecular flexibility index (Phi) is 4.55. The Labute approximate surface area is 94.1 Å². The van der Waals surface area contributed by atoms with Crippen molar-refractivity contribution in [1.29, 1.82) is 0 Å². The number of carbonyl (C=O) groups is 1. The molecule has 0 fully saturated rings. The van der Waals surface area contributed by atoms with Crippen molar-refractivity contribution in [2.75, 3.05) is 6.54 Å². The molecule has 0 atom stereocenters. The molecule has 0 aliphatic rings. The molecule has 0 radical (unpaired) electrons. The first-order chi connectivity index (χ1) is 7.08. The molecule has 0 aromatic carbocycles. The summed E-state index contributed by atoms with van der Waals surface area (Å²) in [5, 5.41) is 8.64. The van der Waals surface area contributed by atoms with Crippen LogP contribution in [-0.4, -0.2) is 23.6 Å². The molecule has 4 nitrogen and oxygen atoms in total. The SMILES string of the molecule is Cc1csc(CCNC(=O)NC(C)C)n1. The lowest BCUT2D eigenvalue weighted by Gasteiger charge is -2.09. The van der Waals surface area contributed by atoms with Gasteiger partial charge in [-0.1, -0.05) is 0 Å². The largest absolute Gasteiger partial charge is 0.338 e. The van der Waals surface area contributed by atoms with E-state index in [-0.39, 0.29) is 12.1 Å². The van der Waals surface area contributed by atoms with E-state index in [2.05, 4.69) is 15.6 Å². The minimum atomic E-state index is -0.113. The summed E-state index contributed by atoms with van der Waals surface area (Å²) in [4.78, 5) is 15.5. The van der Waals surface area contributed by atoms with Gasteiger partial charge in [-0.25, -0.2) is 9.78 Å². The van der Waals surface area contributed by atoms with Crippen LogP contribution in [-0.2, 0) is 6.42 Å². The third-order valence-corrected chi connectivity index (χ3v) is 2.74. The van der Waals surface area contributed by atoms with E-state index < -0.39 is 0 Å². The number of hydrogen-bond donors (Lipinski definition) is 2. The van der Waals surface area contributed by atoms with Crippen LogP contribution >= 0.6 is 11.3 Å². The van der Waals surface area contributed by atoms with Crippen molar-refractivity contribution in [3.8, 4) is 0 Å². The van der Waals surface area contributed by atoms with Crippen molar-refractivity contribution in [3.05, 3.63) is 16.1 Å². The summed E-state index contributed by atoms with van der Waals surface area (Å²) in [7, 11) is 0. The van der Waals surface area contributed by atoms with Gasteiger partial charge in [0.2, 0.25) is 0 Å². The fourth-order valence-electron chi connectivity index (χ4n) is 1.11. The molecule has 0 spiro atoms. The van der Waals surface area contributed by atoms with Crippen LogP contribution in [0.25, 0.3) is 0 Å². The van der Waals surface area contributed by atoms with E-state index >= 15 is 0 Å². The fourth-order valence-corrected chi connectivity index (χ4v) is 1.89. The van der Waals surface area contributed by atoms with Crippen LogP contribution in [0.15, 0.2) is 5.38 Å². The lowest BCUT2D eigenvalue weighted by atomic mass is 10.4. The van der Waals surface area contributed by atoms with Gasteiger partial charge in [0.15, 0.2) is 0 Å². The van der Waals surface area contributed by atoms with Gasteiger partial charge in [0.1, 0.15) is 0 Å². The zero-order valence-electron chi connectivity index (χ0n) is 9.33. The van der Waals surface area contributed by atoms with E-state index in [1.165, 1.54) is 0 Å². The highest BCUT2D eigenvalue weighted by molar-refractivity contribution is 7.09. The molecule has 0 saturated carbocycles. The summed E-state index contributed by atoms with van der Waals surface area (Å²) in [6.45, 7) is 6.47. The van der Waals surface area contributed by atoms with E-state index in [9.17, 15) is 4.79 Å². The number of hydrogen-bond acceptors (Lipinski definition) is 3. The van der Waals surface area contributed by atoms with Gasteiger partial charge in [0.25, 0.3) is 0 Å². The lowest BCUT2D eigenvalue weighted by molar-refractivity contribution is 0.238. The Hall–Kier alpha value is -1.10. The van der Waals surface area contributed by atoms with Crippen LogP contribution in [0, 0.1) is 6.92 Å². The number of nitrogens with zero attached hydrogens (tertiary/aromatic N) is 1. The molecule has 0 bridgehead atoms. The molecular formula is C10H17N3OS. The van der Waals surface area contributed by atoms with Crippen LogP contribution in [0.4, 0.5) is 4.79 Å². The molecule has 1 rings (SSSR count). The number of rotatable bonds is 4. The standard InChI is InChI=1S/C10H17N3OS/c1-7(2)12-10(14)11-5-4-9-13-8(3)6-15-9/h6-7H,4-5H2,1-3H3,(H2,11,12,14). The van der Waals surface area contributed by atoms with Gasteiger partial charge in [-0.3, -0.25) is 0 Å². The van der Waals surface area contributed by atoms with Crippen LogP contribution in [0.1, 0.15) is 24.5 Å². The first-order valence-corrected chi connectivity index (χ1v) is 5.91. The predicted molar refractivity (Wildman–Crippen MR) is 62.2 cm³/mol. The normalized spacial score (nSPS) is 10.4. The van der Waals surface area contributed by atoms with Gasteiger partial charge in [-0.05, 0) is 20.8 Å². The molecule has 1 heterocycles. The molecule has 2 N–H and O–H groups in total. The third-order valence-electron chi connectivity index (χ3n) is 1.71. The summed E-state index contributed by atoms with van der Waals surface area (Å²) in [5.41, 5.74) is 1.04. The maximum absolute atomic E-state index is 11.2. The van der Waals surface area contributed by atoms with Crippen molar-refractivity contribution in [2.45, 2.75) is 33.2 Å². The smallest absolute Gasteiger partial charge is 0.314 e. The van der Waals surface area contributed by atoms with Gasteiger partial charge < -0.3 is 10.6 Å². The summed E-state index contributed by atoms with van der Waals surface area (Å²) in [6.07, 6.45) is 0.796. The van der Waals surface area contributed by atoms with Gasteiger partial charge in [-0.15, -0.1) is 11.3 Å². The first-order valence-electron chi connectivity index (χ1n) is 5.03. The van der Waals surface area contributed by atoms with Crippen LogP contribution < -0.4 is 10.6 Å². The Morgan fingerprint density at radius 2 is 2.33 bits per heavy atom. The minimum Gasteiger partial charge on any atom is -0.338 e. The third kappa shape index (κ3) is 4.78. The predicted octanol–water partition coefficient (Wildman–Crippen LogP) is 1.70. The average Bonchev–Trinajstić information content (AvgIpc) is 2.50. The second-order valence-electron chi connectivity index (χ2n) is 3.69. The van der Waals surface area contributed by atoms with Crippen molar-refractivity contribution in [2.24, 2.45) is 0 Å². The second kappa shape index (κ2) is 5.70. The quantitative estimate of drug-likeness (QED) is 0.822. The maximum Gasteiger partial charge on any atom is 0.314 e. The van der Waals surface area contributed by atoms with E-state index in [0.29, 0.717) is 6.54 Å². The van der Waals surface area contributed by atoms with Crippen molar-refractivity contribution in [3.63, 3.8) is 0 Å². The minimum absolute atomic E-state index is 0.113. The second-order valence-corrected chi connectivity index (χ2v) is 4.63. The summed E-state index contributed by atoms with van der Waals surface area (Å²) in [5.74, 6) is 0. The number of urea groups is 1. The molecule has 0 aliphatic heterocycles. The molecule has 1 aromatic heterocycles. The van der Waals surface area contributed by atoms with Gasteiger partial charge >= 0.3 is 6.03 Å². The molecule has 0 aliphatic carbocycles. The highest BCUT2D eigenvalue weighted by atomic mass is 32.1. The number of thiazole rings is 1. The fraction of sp³-hybridized carbons (Fsp3) is 0.600. The molecule has 5 heteroatoms. The zero-order chi connectivity index (χ0) is 11.3. The molecule has 15 heavy (non-hydrogen) atoms. The number of aromatic nitrogens is 1. The molecule has 0 saturated heterocycles. The number of aryl methyl sites for hydroxylation is 1. The summed E-state index contributed by atoms with van der Waals surface area (Å²) < 4.78 is 0. The Balaban J connectivity index is 2.19. The van der Waals surface area contributed by atoms with E-state index in [0.717, 1.165) is 17.1 Å². The van der Waals surface area contributed by atoms with Crippen LogP contribution in [0.5, 0.6) is 0 Å². The van der Waals surface area contributed by atoms with Gasteiger partial charge in [0.05, 0.1) is 5.01 Å². The van der Waals surface area contributed by atoms with Crippen molar-refractivity contribution >= 4 is 17.4 Å². The molecule has 84 valence electrons. The lowest BCUT2D eigenvalue weighted by Crippen LogP contribution is -2.40. The van der Waals surface area contributed by atoms with Crippen LogP contribution in [0.3, 0.4) is 0 Å². The van der Waals surface area contributed by atoms with Crippen molar-refractivity contribution < 1.29 is 4.79 Å². The average molecular weight is 227 g/mol. The van der Waals surface area contributed by atoms with E-state index in [1.54, 1.807) is 11.3 Å². The van der Waals surface area contributed by atoms with Crippen molar-refractivity contribution in [1.82, 2.24) is 15.6 Å². The number of amides is 2. The van der Waals surface area contributed by atoms with Gasteiger partial charge in [-0.2, -0.15) is 0 Å². The Morgan fingerprint density at radius 1 is 1.60 bits per heavy atom. The Bertz CT molecular complexity index is 322. The van der Waals surface area contributed by atoms with E-state index in [1.807, 2.05) is 26.2 Å². The topological polar surface area (TPSA) is 54.0 Å². The number of carbonyl (C=O) groups excluding carboxylic acids is 1. The van der Waals surface area contributed by atoms with Crippen LogP contribution in [0.2, 0.25) is 0 Å². The molecule has 1 aromatic rings. The molecule has 0 unspecified atom stereocenters. The summed E-state index contributed by atoms with van der Waals surface area (Å²) in [6, 6.07) is 0.0605. The highest BCUT2D eigenvalue weighted by Gasteiger charge is 2.02. The van der Waals surface area contributed by atoms with Gasteiger partial charge in [0, 0.05) is 30.1 Å². The highest BCUT2D eigenvalue weighted by Crippen LogP contribution is 2.08.